The number of benzene rings is 2. The molecule has 1 aromatic heterocycles. The standard InChI is InChI=1S/C19H16N2OS/c22-18(14-23-19-12-6-7-13-20-19)21-17-11-5-4-10-16(17)15-8-2-1-3-9-15/h1-13H,14H2,(H,21,22). The van der Waals surface area contributed by atoms with Gasteiger partial charge in [-0.15, -0.1) is 0 Å². The van der Waals surface area contributed by atoms with Crippen molar-refractivity contribution in [3.63, 3.8) is 0 Å². The number of thioether (sulfide) groups is 1. The van der Waals surface area contributed by atoms with Crippen LogP contribution in [-0.2, 0) is 4.79 Å². The van der Waals surface area contributed by atoms with Gasteiger partial charge in [-0.05, 0) is 23.8 Å². The van der Waals surface area contributed by atoms with E-state index in [2.05, 4.69) is 10.3 Å². The third kappa shape index (κ3) is 4.20. The minimum Gasteiger partial charge on any atom is -0.325 e. The van der Waals surface area contributed by atoms with E-state index < -0.39 is 0 Å². The lowest BCUT2D eigenvalue weighted by molar-refractivity contribution is -0.113. The molecule has 2 aromatic carbocycles. The summed E-state index contributed by atoms with van der Waals surface area (Å²) in [6.07, 6.45) is 1.73. The van der Waals surface area contributed by atoms with E-state index in [0.717, 1.165) is 21.8 Å². The first-order valence-electron chi connectivity index (χ1n) is 7.31. The van der Waals surface area contributed by atoms with Crippen molar-refractivity contribution < 1.29 is 4.79 Å². The normalized spacial score (nSPS) is 10.3. The Labute approximate surface area is 139 Å². The van der Waals surface area contributed by atoms with Crippen molar-refractivity contribution >= 4 is 23.4 Å². The number of carbonyl (C=O) groups is 1. The zero-order valence-electron chi connectivity index (χ0n) is 12.5. The summed E-state index contributed by atoms with van der Waals surface area (Å²) in [5, 5.41) is 3.84. The lowest BCUT2D eigenvalue weighted by Gasteiger charge is -2.11. The summed E-state index contributed by atoms with van der Waals surface area (Å²) in [5.41, 5.74) is 2.93. The summed E-state index contributed by atoms with van der Waals surface area (Å²) in [5.74, 6) is 0.296. The molecule has 3 rings (SSSR count). The third-order valence-corrected chi connectivity index (χ3v) is 4.22. The summed E-state index contributed by atoms with van der Waals surface area (Å²) in [6.45, 7) is 0. The maximum Gasteiger partial charge on any atom is 0.234 e. The fourth-order valence-electron chi connectivity index (χ4n) is 2.22. The Hall–Kier alpha value is -2.59. The van der Waals surface area contributed by atoms with Crippen molar-refractivity contribution in [2.75, 3.05) is 11.1 Å². The predicted octanol–water partition coefficient (Wildman–Crippen LogP) is 4.48. The van der Waals surface area contributed by atoms with Gasteiger partial charge in [0.15, 0.2) is 0 Å². The topological polar surface area (TPSA) is 42.0 Å². The second-order valence-corrected chi connectivity index (χ2v) is 5.91. The SMILES string of the molecule is O=C(CSc1ccccn1)Nc1ccccc1-c1ccccc1. The van der Waals surface area contributed by atoms with Crippen LogP contribution in [0.1, 0.15) is 0 Å². The van der Waals surface area contributed by atoms with Crippen molar-refractivity contribution in [3.05, 3.63) is 79.0 Å². The van der Waals surface area contributed by atoms with Gasteiger partial charge in [0.05, 0.1) is 10.8 Å². The molecule has 0 radical (unpaired) electrons. The Balaban J connectivity index is 1.69. The highest BCUT2D eigenvalue weighted by Crippen LogP contribution is 2.27. The Morgan fingerprint density at radius 3 is 2.43 bits per heavy atom. The second-order valence-electron chi connectivity index (χ2n) is 4.92. The van der Waals surface area contributed by atoms with Crippen LogP contribution in [0.25, 0.3) is 11.1 Å². The largest absolute Gasteiger partial charge is 0.325 e. The van der Waals surface area contributed by atoms with Crippen LogP contribution in [0.15, 0.2) is 84.0 Å². The van der Waals surface area contributed by atoms with Crippen LogP contribution in [0.2, 0.25) is 0 Å². The van der Waals surface area contributed by atoms with Gasteiger partial charge in [-0.2, -0.15) is 0 Å². The Morgan fingerprint density at radius 2 is 1.65 bits per heavy atom. The fourth-order valence-corrected chi connectivity index (χ4v) is 2.88. The number of para-hydroxylation sites is 1. The fraction of sp³-hybridized carbons (Fsp3) is 0.0526. The maximum atomic E-state index is 12.2. The van der Waals surface area contributed by atoms with Gasteiger partial charge in [0.1, 0.15) is 0 Å². The highest BCUT2D eigenvalue weighted by atomic mass is 32.2. The van der Waals surface area contributed by atoms with Gasteiger partial charge in [0.25, 0.3) is 0 Å². The summed E-state index contributed by atoms with van der Waals surface area (Å²) >= 11 is 1.43. The molecule has 0 unspecified atom stereocenters. The summed E-state index contributed by atoms with van der Waals surface area (Å²) in [6, 6.07) is 23.5. The molecule has 0 fully saturated rings. The summed E-state index contributed by atoms with van der Waals surface area (Å²) in [4.78, 5) is 16.4. The molecule has 3 nitrogen and oxygen atoms in total. The average molecular weight is 320 g/mol. The number of hydrogen-bond acceptors (Lipinski definition) is 3. The molecule has 23 heavy (non-hydrogen) atoms. The molecule has 0 aliphatic rings. The number of nitrogens with one attached hydrogen (secondary N) is 1. The van der Waals surface area contributed by atoms with Crippen molar-refractivity contribution in [3.8, 4) is 11.1 Å². The van der Waals surface area contributed by atoms with Gasteiger partial charge >= 0.3 is 0 Å². The predicted molar refractivity (Wildman–Crippen MR) is 95.5 cm³/mol. The number of pyridine rings is 1. The molecule has 3 aromatic rings. The lowest BCUT2D eigenvalue weighted by atomic mass is 10.0. The summed E-state index contributed by atoms with van der Waals surface area (Å²) in [7, 11) is 0. The molecule has 0 saturated heterocycles. The minimum absolute atomic E-state index is 0.0379. The quantitative estimate of drug-likeness (QED) is 0.705. The van der Waals surface area contributed by atoms with Gasteiger partial charge in [-0.25, -0.2) is 4.98 Å². The molecule has 0 aliphatic heterocycles. The average Bonchev–Trinajstić information content (AvgIpc) is 2.62. The Bertz CT molecular complexity index is 776. The van der Waals surface area contributed by atoms with Crippen molar-refractivity contribution in [1.29, 1.82) is 0 Å². The molecule has 0 atom stereocenters. The van der Waals surface area contributed by atoms with Crippen LogP contribution in [-0.4, -0.2) is 16.6 Å². The van der Waals surface area contributed by atoms with Crippen molar-refractivity contribution in [1.82, 2.24) is 4.98 Å². The van der Waals surface area contributed by atoms with E-state index in [4.69, 9.17) is 0 Å². The van der Waals surface area contributed by atoms with Crippen LogP contribution in [0.5, 0.6) is 0 Å². The molecule has 0 saturated carbocycles. The molecule has 114 valence electrons. The minimum atomic E-state index is -0.0379. The number of nitrogens with zero attached hydrogens (tertiary/aromatic N) is 1. The molecular formula is C19H16N2OS. The molecule has 0 aliphatic carbocycles. The molecule has 0 bridgehead atoms. The molecular weight excluding hydrogens is 304 g/mol. The first-order chi connectivity index (χ1) is 11.3. The molecule has 0 spiro atoms. The second kappa shape index (κ2) is 7.61. The lowest BCUT2D eigenvalue weighted by Crippen LogP contribution is -2.14. The van der Waals surface area contributed by atoms with Crippen LogP contribution in [0.4, 0.5) is 5.69 Å². The van der Waals surface area contributed by atoms with Crippen LogP contribution in [0.3, 0.4) is 0 Å². The summed E-state index contributed by atoms with van der Waals surface area (Å²) < 4.78 is 0. The zero-order valence-corrected chi connectivity index (χ0v) is 13.3. The number of aromatic nitrogens is 1. The smallest absolute Gasteiger partial charge is 0.234 e. The van der Waals surface area contributed by atoms with Gasteiger partial charge in [-0.1, -0.05) is 66.4 Å². The molecule has 1 N–H and O–H groups in total. The van der Waals surface area contributed by atoms with E-state index in [1.807, 2.05) is 72.8 Å². The van der Waals surface area contributed by atoms with Crippen LogP contribution in [0, 0.1) is 0 Å². The number of hydrogen-bond donors (Lipinski definition) is 1. The first kappa shape index (κ1) is 15.3. The van der Waals surface area contributed by atoms with Gasteiger partial charge in [-0.3, -0.25) is 4.79 Å². The molecule has 1 heterocycles. The highest BCUT2D eigenvalue weighted by molar-refractivity contribution is 7.99. The van der Waals surface area contributed by atoms with E-state index in [1.165, 1.54) is 11.8 Å². The van der Waals surface area contributed by atoms with E-state index in [-0.39, 0.29) is 5.91 Å². The molecule has 1 amide bonds. The van der Waals surface area contributed by atoms with E-state index in [9.17, 15) is 4.79 Å². The number of anilines is 1. The van der Waals surface area contributed by atoms with Crippen molar-refractivity contribution in [2.45, 2.75) is 5.03 Å². The number of rotatable bonds is 5. The van der Waals surface area contributed by atoms with Gasteiger partial charge in [0.2, 0.25) is 5.91 Å². The maximum absolute atomic E-state index is 12.2. The Kier molecular flexibility index (Phi) is 5.06. The van der Waals surface area contributed by atoms with Crippen LogP contribution >= 0.6 is 11.8 Å². The number of carbonyl (C=O) groups excluding carboxylic acids is 1. The third-order valence-electron chi connectivity index (χ3n) is 3.27. The van der Waals surface area contributed by atoms with Crippen LogP contribution < -0.4 is 5.32 Å². The first-order valence-corrected chi connectivity index (χ1v) is 8.29. The highest BCUT2D eigenvalue weighted by Gasteiger charge is 2.08. The van der Waals surface area contributed by atoms with Crippen molar-refractivity contribution in [2.24, 2.45) is 0 Å². The monoisotopic (exact) mass is 320 g/mol. The number of amides is 1. The van der Waals surface area contributed by atoms with E-state index in [0.29, 0.717) is 5.75 Å². The van der Waals surface area contributed by atoms with Gasteiger partial charge < -0.3 is 5.32 Å². The van der Waals surface area contributed by atoms with E-state index in [1.54, 1.807) is 6.20 Å². The zero-order chi connectivity index (χ0) is 15.9. The molecule has 4 heteroatoms. The van der Waals surface area contributed by atoms with Gasteiger partial charge in [0, 0.05) is 17.4 Å². The van der Waals surface area contributed by atoms with E-state index >= 15 is 0 Å². The Morgan fingerprint density at radius 1 is 0.913 bits per heavy atom.